The smallest absolute Gasteiger partial charge is 0.399 e. The standard InChI is InChI=1S/C29H27BClN5O5S/c1-28(2)29(3,4)41-30(40-28)19-11-9-18(10-12-19)25-32-26-24(27(37)35(25)21-15-13-20(31)14-16-21)33-34-36(26)22-7-6-8-23(17-22)42(5,38)39/h6-17H,1-5H3. The Bertz CT molecular complexity index is 1990. The summed E-state index contributed by atoms with van der Waals surface area (Å²) in [6.07, 6.45) is 1.12. The first-order valence-corrected chi connectivity index (χ1v) is 15.4. The number of sulfone groups is 1. The van der Waals surface area contributed by atoms with Gasteiger partial charge in [0.2, 0.25) is 0 Å². The maximum absolute atomic E-state index is 13.9. The Kier molecular flexibility index (Phi) is 6.65. The van der Waals surface area contributed by atoms with Crippen LogP contribution in [0.1, 0.15) is 27.7 Å². The van der Waals surface area contributed by atoms with Crippen molar-refractivity contribution in [1.29, 1.82) is 0 Å². The maximum atomic E-state index is 13.9. The van der Waals surface area contributed by atoms with Crippen molar-refractivity contribution in [1.82, 2.24) is 24.5 Å². The molecule has 2 aromatic heterocycles. The molecule has 3 heterocycles. The van der Waals surface area contributed by atoms with Crippen LogP contribution < -0.4 is 11.0 Å². The summed E-state index contributed by atoms with van der Waals surface area (Å²) in [5.41, 5.74) is 1.18. The molecule has 3 aromatic carbocycles. The average Bonchev–Trinajstić information content (AvgIpc) is 3.46. The van der Waals surface area contributed by atoms with Crippen LogP contribution in [-0.4, -0.2) is 57.5 Å². The largest absolute Gasteiger partial charge is 0.494 e. The molecule has 10 nitrogen and oxygen atoms in total. The SMILES string of the molecule is CC1(C)OB(c2ccc(-c3nc4c(nnn4-c4cccc(S(C)(=O)=O)c4)c(=O)n3-c3ccc(Cl)cc3)cc2)OC1(C)C. The Morgan fingerprint density at radius 1 is 0.881 bits per heavy atom. The van der Waals surface area contributed by atoms with Gasteiger partial charge in [-0.15, -0.1) is 5.10 Å². The third-order valence-corrected chi connectivity index (χ3v) is 9.11. The highest BCUT2D eigenvalue weighted by Gasteiger charge is 2.51. The van der Waals surface area contributed by atoms with Crippen LogP contribution >= 0.6 is 11.6 Å². The van der Waals surface area contributed by atoms with Gasteiger partial charge in [0.1, 0.15) is 5.82 Å². The summed E-state index contributed by atoms with van der Waals surface area (Å²) in [6, 6.07) is 20.5. The fourth-order valence-electron chi connectivity index (χ4n) is 4.68. The van der Waals surface area contributed by atoms with E-state index in [1.165, 1.54) is 21.4 Å². The van der Waals surface area contributed by atoms with E-state index in [1.807, 2.05) is 52.0 Å². The van der Waals surface area contributed by atoms with Gasteiger partial charge in [-0.1, -0.05) is 47.1 Å². The van der Waals surface area contributed by atoms with Crippen LogP contribution in [0.3, 0.4) is 0 Å². The number of hydrogen-bond donors (Lipinski definition) is 0. The second-order valence-corrected chi connectivity index (χ2v) is 13.7. The van der Waals surface area contributed by atoms with E-state index in [9.17, 15) is 13.2 Å². The Balaban J connectivity index is 1.52. The minimum Gasteiger partial charge on any atom is -0.399 e. The lowest BCUT2D eigenvalue weighted by molar-refractivity contribution is 0.00578. The molecular weight excluding hydrogens is 577 g/mol. The van der Waals surface area contributed by atoms with Crippen LogP contribution in [0.2, 0.25) is 5.02 Å². The molecule has 0 atom stereocenters. The minimum atomic E-state index is -3.48. The van der Waals surface area contributed by atoms with Gasteiger partial charge in [-0.25, -0.2) is 13.4 Å². The van der Waals surface area contributed by atoms with Gasteiger partial charge in [0.05, 0.1) is 27.5 Å². The summed E-state index contributed by atoms with van der Waals surface area (Å²) in [7, 11) is -4.03. The summed E-state index contributed by atoms with van der Waals surface area (Å²) >= 11 is 6.13. The topological polar surface area (TPSA) is 118 Å². The van der Waals surface area contributed by atoms with Crippen molar-refractivity contribution in [3.63, 3.8) is 0 Å². The van der Waals surface area contributed by atoms with Gasteiger partial charge >= 0.3 is 7.12 Å². The zero-order chi connectivity index (χ0) is 30.0. The van der Waals surface area contributed by atoms with E-state index >= 15 is 0 Å². The highest BCUT2D eigenvalue weighted by atomic mass is 35.5. The molecule has 13 heteroatoms. The van der Waals surface area contributed by atoms with Crippen LogP contribution in [-0.2, 0) is 19.1 Å². The molecule has 0 bridgehead atoms. The van der Waals surface area contributed by atoms with Crippen molar-refractivity contribution in [2.45, 2.75) is 43.8 Å². The van der Waals surface area contributed by atoms with Crippen molar-refractivity contribution in [2.24, 2.45) is 0 Å². The number of nitrogens with zero attached hydrogens (tertiary/aromatic N) is 5. The number of fused-ring (bicyclic) bond motifs is 1. The molecule has 1 fully saturated rings. The molecule has 0 radical (unpaired) electrons. The Morgan fingerprint density at radius 2 is 1.52 bits per heavy atom. The van der Waals surface area contributed by atoms with Gasteiger partial charge in [0.25, 0.3) is 5.56 Å². The Labute approximate surface area is 247 Å². The van der Waals surface area contributed by atoms with Gasteiger partial charge in [0.15, 0.2) is 21.0 Å². The molecular formula is C29H27BClN5O5S. The number of aromatic nitrogens is 5. The molecule has 1 aliphatic rings. The Hall–Kier alpha value is -3.84. The zero-order valence-electron chi connectivity index (χ0n) is 23.6. The van der Waals surface area contributed by atoms with Crippen LogP contribution in [0.25, 0.3) is 33.9 Å². The first kappa shape index (κ1) is 28.3. The molecule has 0 amide bonds. The van der Waals surface area contributed by atoms with Gasteiger partial charge < -0.3 is 9.31 Å². The highest BCUT2D eigenvalue weighted by Crippen LogP contribution is 2.36. The molecule has 42 heavy (non-hydrogen) atoms. The maximum Gasteiger partial charge on any atom is 0.494 e. The van der Waals surface area contributed by atoms with E-state index in [4.69, 9.17) is 25.9 Å². The summed E-state index contributed by atoms with van der Waals surface area (Å²) in [5.74, 6) is 0.332. The van der Waals surface area contributed by atoms with Crippen LogP contribution in [0, 0.1) is 0 Å². The van der Waals surface area contributed by atoms with E-state index in [2.05, 4.69) is 10.3 Å². The molecule has 6 rings (SSSR count). The molecule has 1 aliphatic heterocycles. The molecule has 0 saturated carbocycles. The molecule has 5 aromatic rings. The van der Waals surface area contributed by atoms with Gasteiger partial charge in [-0.3, -0.25) is 9.36 Å². The summed E-state index contributed by atoms with van der Waals surface area (Å²) in [4.78, 5) is 18.9. The molecule has 0 aliphatic carbocycles. The quantitative estimate of drug-likeness (QED) is 0.277. The van der Waals surface area contributed by atoms with Gasteiger partial charge in [0, 0.05) is 16.8 Å². The first-order valence-electron chi connectivity index (χ1n) is 13.2. The first-order chi connectivity index (χ1) is 19.7. The van der Waals surface area contributed by atoms with Crippen molar-refractivity contribution in [2.75, 3.05) is 6.26 Å². The lowest BCUT2D eigenvalue weighted by Gasteiger charge is -2.32. The lowest BCUT2D eigenvalue weighted by Crippen LogP contribution is -2.41. The van der Waals surface area contributed by atoms with Crippen LogP contribution in [0.15, 0.2) is 82.5 Å². The lowest BCUT2D eigenvalue weighted by atomic mass is 9.79. The fraction of sp³-hybridized carbons (Fsp3) is 0.241. The second kappa shape index (κ2) is 9.87. The number of halogens is 1. The fourth-order valence-corrected chi connectivity index (χ4v) is 5.47. The third-order valence-electron chi connectivity index (χ3n) is 7.75. The normalized spacial score (nSPS) is 16.3. The van der Waals surface area contributed by atoms with E-state index in [0.29, 0.717) is 27.8 Å². The van der Waals surface area contributed by atoms with Crippen molar-refractivity contribution >= 4 is 45.2 Å². The minimum absolute atomic E-state index is 0.0206. The summed E-state index contributed by atoms with van der Waals surface area (Å²) in [5, 5.41) is 8.81. The van der Waals surface area contributed by atoms with Crippen LogP contribution in [0.5, 0.6) is 0 Å². The van der Waals surface area contributed by atoms with Gasteiger partial charge in [-0.05, 0) is 75.6 Å². The van der Waals surface area contributed by atoms with Crippen LogP contribution in [0.4, 0.5) is 0 Å². The van der Waals surface area contributed by atoms with Crippen molar-refractivity contribution < 1.29 is 17.7 Å². The molecule has 0 unspecified atom stereocenters. The molecule has 0 N–H and O–H groups in total. The number of hydrogen-bond acceptors (Lipinski definition) is 8. The zero-order valence-corrected chi connectivity index (χ0v) is 25.1. The summed E-state index contributed by atoms with van der Waals surface area (Å²) in [6.45, 7) is 7.98. The predicted octanol–water partition coefficient (Wildman–Crippen LogP) is 3.99. The number of rotatable bonds is 5. The Morgan fingerprint density at radius 3 is 2.14 bits per heavy atom. The third kappa shape index (κ3) is 4.84. The summed E-state index contributed by atoms with van der Waals surface area (Å²) < 4.78 is 39.6. The van der Waals surface area contributed by atoms with E-state index in [0.717, 1.165) is 11.7 Å². The van der Waals surface area contributed by atoms with Gasteiger partial charge in [-0.2, -0.15) is 4.68 Å². The molecule has 214 valence electrons. The monoisotopic (exact) mass is 603 g/mol. The molecule has 0 spiro atoms. The molecule has 1 saturated heterocycles. The van der Waals surface area contributed by atoms with Crippen molar-refractivity contribution in [3.8, 4) is 22.8 Å². The van der Waals surface area contributed by atoms with E-state index in [-0.39, 0.29) is 16.1 Å². The predicted molar refractivity (Wildman–Crippen MR) is 162 cm³/mol. The van der Waals surface area contributed by atoms with E-state index < -0.39 is 33.7 Å². The second-order valence-electron chi connectivity index (χ2n) is 11.2. The van der Waals surface area contributed by atoms with Crippen molar-refractivity contribution in [3.05, 3.63) is 88.2 Å². The average molecular weight is 604 g/mol. The van der Waals surface area contributed by atoms with E-state index in [1.54, 1.807) is 36.4 Å². The number of benzene rings is 3. The highest BCUT2D eigenvalue weighted by molar-refractivity contribution is 7.90.